The molecule has 76 valence electrons. The van der Waals surface area contributed by atoms with Crippen LogP contribution in [0, 0.1) is 17.8 Å². The number of carbonyl (C=O) groups excluding carboxylic acids is 1. The Balaban J connectivity index is 2.47. The van der Waals surface area contributed by atoms with E-state index in [4.69, 9.17) is 4.74 Å². The molecule has 0 aromatic carbocycles. The van der Waals surface area contributed by atoms with Crippen LogP contribution < -0.4 is 0 Å². The van der Waals surface area contributed by atoms with Crippen molar-refractivity contribution in [1.82, 2.24) is 0 Å². The van der Waals surface area contributed by atoms with E-state index in [0.717, 1.165) is 18.8 Å². The van der Waals surface area contributed by atoms with Crippen LogP contribution in [0.15, 0.2) is 0 Å². The molecule has 0 aliphatic heterocycles. The van der Waals surface area contributed by atoms with Gasteiger partial charge >= 0.3 is 0 Å². The van der Waals surface area contributed by atoms with Crippen LogP contribution in [-0.2, 0) is 9.53 Å². The summed E-state index contributed by atoms with van der Waals surface area (Å²) in [6.45, 7) is 7.34. The summed E-state index contributed by atoms with van der Waals surface area (Å²) in [5.41, 5.74) is 0. The summed E-state index contributed by atoms with van der Waals surface area (Å²) in [6.07, 6.45) is 3.56. The van der Waals surface area contributed by atoms with Gasteiger partial charge in [0.25, 0.3) is 6.47 Å². The Hall–Kier alpha value is -0.530. The lowest BCUT2D eigenvalue weighted by atomic mass is 9.75. The van der Waals surface area contributed by atoms with Crippen molar-refractivity contribution >= 4 is 6.47 Å². The molecule has 2 nitrogen and oxygen atoms in total. The van der Waals surface area contributed by atoms with E-state index in [0.29, 0.717) is 18.3 Å². The average Bonchev–Trinajstić information content (AvgIpc) is 2.03. The lowest BCUT2D eigenvalue weighted by molar-refractivity contribution is -0.136. The summed E-state index contributed by atoms with van der Waals surface area (Å²) < 4.78 is 5.05. The molecule has 0 aromatic heterocycles. The molecule has 0 radical (unpaired) electrons. The predicted molar refractivity (Wildman–Crippen MR) is 52.3 cm³/mol. The van der Waals surface area contributed by atoms with Gasteiger partial charge in [0, 0.05) is 0 Å². The van der Waals surface area contributed by atoms with Crippen LogP contribution in [0.5, 0.6) is 0 Å². The number of carbonyl (C=O) groups is 1. The van der Waals surface area contributed by atoms with Crippen LogP contribution in [0.3, 0.4) is 0 Å². The van der Waals surface area contributed by atoms with Crippen LogP contribution in [0.4, 0.5) is 0 Å². The van der Waals surface area contributed by atoms with Gasteiger partial charge in [-0.2, -0.15) is 0 Å². The molecule has 1 saturated carbocycles. The molecule has 0 aromatic rings. The molecule has 0 N–H and O–H groups in total. The quantitative estimate of drug-likeness (QED) is 0.630. The van der Waals surface area contributed by atoms with Crippen LogP contribution in [-0.4, -0.2) is 12.6 Å². The standard InChI is InChI=1S/C11H20O2/c1-8(2)10-4-9(3)5-11(6-10)13-7-12/h7-11H,4-6H2,1-3H3. The first-order valence-electron chi connectivity index (χ1n) is 5.22. The van der Waals surface area contributed by atoms with E-state index in [1.54, 1.807) is 0 Å². The van der Waals surface area contributed by atoms with Crippen LogP contribution in [0.25, 0.3) is 0 Å². The third-order valence-electron chi connectivity index (χ3n) is 3.13. The SMILES string of the molecule is CC1CC(OC=O)CC(C(C)C)C1. The summed E-state index contributed by atoms with van der Waals surface area (Å²) in [4.78, 5) is 10.2. The fourth-order valence-corrected chi connectivity index (χ4v) is 2.33. The van der Waals surface area contributed by atoms with E-state index >= 15 is 0 Å². The highest BCUT2D eigenvalue weighted by Gasteiger charge is 2.28. The zero-order valence-electron chi connectivity index (χ0n) is 8.82. The highest BCUT2D eigenvalue weighted by atomic mass is 16.5. The van der Waals surface area contributed by atoms with Crippen molar-refractivity contribution in [3.8, 4) is 0 Å². The van der Waals surface area contributed by atoms with Crippen LogP contribution >= 0.6 is 0 Å². The second-order valence-electron chi connectivity index (χ2n) is 4.67. The molecule has 0 heterocycles. The Kier molecular flexibility index (Phi) is 3.76. The molecule has 13 heavy (non-hydrogen) atoms. The van der Waals surface area contributed by atoms with Gasteiger partial charge in [-0.15, -0.1) is 0 Å². The first-order chi connectivity index (χ1) is 6.13. The molecule has 0 saturated heterocycles. The van der Waals surface area contributed by atoms with E-state index in [1.807, 2.05) is 0 Å². The van der Waals surface area contributed by atoms with Gasteiger partial charge in [-0.25, -0.2) is 0 Å². The first kappa shape index (κ1) is 10.6. The maximum absolute atomic E-state index is 10.2. The third kappa shape index (κ3) is 3.02. The van der Waals surface area contributed by atoms with Gasteiger partial charge < -0.3 is 4.74 Å². The highest BCUT2D eigenvalue weighted by Crippen LogP contribution is 2.34. The maximum atomic E-state index is 10.2. The molecular formula is C11H20O2. The predicted octanol–water partition coefficient (Wildman–Crippen LogP) is 2.62. The largest absolute Gasteiger partial charge is 0.465 e. The van der Waals surface area contributed by atoms with Gasteiger partial charge in [-0.3, -0.25) is 4.79 Å². The molecule has 0 bridgehead atoms. The smallest absolute Gasteiger partial charge is 0.293 e. The first-order valence-corrected chi connectivity index (χ1v) is 5.22. The molecule has 1 fully saturated rings. The van der Waals surface area contributed by atoms with E-state index in [2.05, 4.69) is 20.8 Å². The Labute approximate surface area is 80.7 Å². The number of rotatable bonds is 3. The van der Waals surface area contributed by atoms with Crippen molar-refractivity contribution in [3.63, 3.8) is 0 Å². The van der Waals surface area contributed by atoms with Gasteiger partial charge in [0.1, 0.15) is 6.10 Å². The monoisotopic (exact) mass is 184 g/mol. The van der Waals surface area contributed by atoms with Crippen LogP contribution in [0.2, 0.25) is 0 Å². The molecule has 0 amide bonds. The minimum Gasteiger partial charge on any atom is -0.465 e. The Morgan fingerprint density at radius 3 is 2.54 bits per heavy atom. The van der Waals surface area contributed by atoms with E-state index in [-0.39, 0.29) is 6.10 Å². The number of hydrogen-bond acceptors (Lipinski definition) is 2. The second kappa shape index (κ2) is 4.64. The summed E-state index contributed by atoms with van der Waals surface area (Å²) in [5.74, 6) is 2.14. The zero-order chi connectivity index (χ0) is 9.84. The number of hydrogen-bond donors (Lipinski definition) is 0. The number of ether oxygens (including phenoxy) is 1. The zero-order valence-corrected chi connectivity index (χ0v) is 8.82. The minimum absolute atomic E-state index is 0.175. The van der Waals surface area contributed by atoms with Gasteiger partial charge in [0.2, 0.25) is 0 Å². The second-order valence-corrected chi connectivity index (χ2v) is 4.67. The molecule has 3 unspecified atom stereocenters. The third-order valence-corrected chi connectivity index (χ3v) is 3.13. The molecular weight excluding hydrogens is 164 g/mol. The van der Waals surface area contributed by atoms with E-state index in [9.17, 15) is 4.79 Å². The molecule has 0 spiro atoms. The van der Waals surface area contributed by atoms with Crippen molar-refractivity contribution in [2.45, 2.75) is 46.1 Å². The van der Waals surface area contributed by atoms with Gasteiger partial charge in [-0.1, -0.05) is 20.8 Å². The Morgan fingerprint density at radius 1 is 1.31 bits per heavy atom. The van der Waals surface area contributed by atoms with Crippen molar-refractivity contribution in [2.75, 3.05) is 0 Å². The normalized spacial score (nSPS) is 34.6. The van der Waals surface area contributed by atoms with Crippen molar-refractivity contribution < 1.29 is 9.53 Å². The molecule has 1 aliphatic carbocycles. The molecule has 3 atom stereocenters. The molecule has 1 aliphatic rings. The topological polar surface area (TPSA) is 26.3 Å². The summed E-state index contributed by atoms with van der Waals surface area (Å²) >= 11 is 0. The highest BCUT2D eigenvalue weighted by molar-refractivity contribution is 5.37. The van der Waals surface area contributed by atoms with Gasteiger partial charge in [0.05, 0.1) is 0 Å². The molecule has 2 heteroatoms. The van der Waals surface area contributed by atoms with Gasteiger partial charge in [0.15, 0.2) is 0 Å². The van der Waals surface area contributed by atoms with Crippen molar-refractivity contribution in [2.24, 2.45) is 17.8 Å². The summed E-state index contributed by atoms with van der Waals surface area (Å²) in [5, 5.41) is 0. The lowest BCUT2D eigenvalue weighted by Gasteiger charge is -2.34. The summed E-state index contributed by atoms with van der Waals surface area (Å²) in [6, 6.07) is 0. The van der Waals surface area contributed by atoms with E-state index in [1.165, 1.54) is 6.42 Å². The fraction of sp³-hybridized carbons (Fsp3) is 0.909. The van der Waals surface area contributed by atoms with E-state index < -0.39 is 0 Å². The van der Waals surface area contributed by atoms with Gasteiger partial charge in [-0.05, 0) is 37.0 Å². The Bertz CT molecular complexity index is 165. The van der Waals surface area contributed by atoms with Crippen molar-refractivity contribution in [3.05, 3.63) is 0 Å². The minimum atomic E-state index is 0.175. The van der Waals surface area contributed by atoms with Crippen LogP contribution in [0.1, 0.15) is 40.0 Å². The Morgan fingerprint density at radius 2 is 2.00 bits per heavy atom. The molecule has 1 rings (SSSR count). The average molecular weight is 184 g/mol. The maximum Gasteiger partial charge on any atom is 0.293 e. The lowest BCUT2D eigenvalue weighted by Crippen LogP contribution is -2.29. The fourth-order valence-electron chi connectivity index (χ4n) is 2.33. The van der Waals surface area contributed by atoms with Crippen molar-refractivity contribution in [1.29, 1.82) is 0 Å². The summed E-state index contributed by atoms with van der Waals surface area (Å²) in [7, 11) is 0.